The Morgan fingerprint density at radius 3 is 2.56 bits per heavy atom. The molecule has 3 saturated heterocycles. The zero-order chi connectivity index (χ0) is 31.1. The Morgan fingerprint density at radius 1 is 1.00 bits per heavy atom. The number of H-pyrrole nitrogens is 1. The highest BCUT2D eigenvalue weighted by molar-refractivity contribution is 6.36. The Balaban J connectivity index is 1.04. The number of aromatic amines is 1. The summed E-state index contributed by atoms with van der Waals surface area (Å²) in [5, 5.41) is 10.8. The second-order valence-corrected chi connectivity index (χ2v) is 13.1. The summed E-state index contributed by atoms with van der Waals surface area (Å²) in [5.74, 6) is 0.147. The van der Waals surface area contributed by atoms with Crippen LogP contribution in [0.15, 0.2) is 48.7 Å². The number of halogens is 1. The first-order valence-corrected chi connectivity index (χ1v) is 16.1. The van der Waals surface area contributed by atoms with Gasteiger partial charge in [0.25, 0.3) is 0 Å². The minimum atomic E-state index is -0.289. The van der Waals surface area contributed by atoms with E-state index in [2.05, 4.69) is 49.3 Å². The summed E-state index contributed by atoms with van der Waals surface area (Å²) in [6, 6.07) is 14.1. The van der Waals surface area contributed by atoms with Gasteiger partial charge in [-0.15, -0.1) is 0 Å². The number of nitrogens with two attached hydrogens (primary N) is 1. The highest BCUT2D eigenvalue weighted by Gasteiger charge is 2.31. The maximum atomic E-state index is 12.6. The van der Waals surface area contributed by atoms with E-state index in [1.807, 2.05) is 36.5 Å². The molecular weight excluding hydrogens is 590 g/mol. The molecule has 234 valence electrons. The molecular formula is C33H38ClN9O2. The van der Waals surface area contributed by atoms with Gasteiger partial charge in [0.15, 0.2) is 5.65 Å². The second-order valence-electron chi connectivity index (χ2n) is 12.7. The lowest BCUT2D eigenvalue weighted by molar-refractivity contribution is -0.134. The number of piperazine rings is 1. The van der Waals surface area contributed by atoms with E-state index < -0.39 is 0 Å². The summed E-state index contributed by atoms with van der Waals surface area (Å²) in [6.07, 6.45) is 4.56. The number of benzene rings is 2. The van der Waals surface area contributed by atoms with Crippen LogP contribution in [0.2, 0.25) is 5.02 Å². The molecule has 11 nitrogen and oxygen atoms in total. The summed E-state index contributed by atoms with van der Waals surface area (Å²) in [6.45, 7) is 7.87. The molecule has 1 unspecified atom stereocenters. The molecule has 1 atom stereocenters. The van der Waals surface area contributed by atoms with Gasteiger partial charge in [-0.2, -0.15) is 5.10 Å². The van der Waals surface area contributed by atoms with Crippen molar-refractivity contribution in [1.82, 2.24) is 30.4 Å². The maximum Gasteiger partial charge on any atom is 0.234 e. The van der Waals surface area contributed by atoms with Crippen LogP contribution in [0.25, 0.3) is 22.4 Å². The summed E-state index contributed by atoms with van der Waals surface area (Å²) in [4.78, 5) is 40.8. The van der Waals surface area contributed by atoms with E-state index in [-0.39, 0.29) is 23.3 Å². The van der Waals surface area contributed by atoms with Crippen LogP contribution in [0.4, 0.5) is 11.5 Å². The number of carbonyl (C=O) groups excluding carboxylic acids is 2. The van der Waals surface area contributed by atoms with Gasteiger partial charge >= 0.3 is 0 Å². The van der Waals surface area contributed by atoms with Crippen molar-refractivity contribution in [3.8, 4) is 11.3 Å². The Bertz CT molecular complexity index is 1740. The largest absolute Gasteiger partial charge is 0.368 e. The SMILES string of the molecule is CC1(N)CCN(c2cnc3c(-c4cccc(N5CCN(Cc6ccccc6C6CCC(=O)NC6=O)CC5)c4Cl)n[nH]c3n2)CC1. The number of anilines is 2. The van der Waals surface area contributed by atoms with Gasteiger partial charge in [-0.1, -0.05) is 48.0 Å². The van der Waals surface area contributed by atoms with Crippen LogP contribution < -0.4 is 20.9 Å². The average molecular weight is 628 g/mol. The van der Waals surface area contributed by atoms with Gasteiger partial charge in [-0.3, -0.25) is 24.9 Å². The van der Waals surface area contributed by atoms with Crippen molar-refractivity contribution in [2.75, 3.05) is 49.1 Å². The summed E-state index contributed by atoms with van der Waals surface area (Å²) in [7, 11) is 0. The minimum Gasteiger partial charge on any atom is -0.368 e. The molecule has 2 aromatic heterocycles. The molecule has 3 aliphatic heterocycles. The first-order chi connectivity index (χ1) is 21.8. The first-order valence-electron chi connectivity index (χ1n) is 15.7. The average Bonchev–Trinajstić information content (AvgIpc) is 3.45. The van der Waals surface area contributed by atoms with E-state index in [1.54, 1.807) is 0 Å². The fraction of sp³-hybridized carbons (Fsp3) is 0.424. The van der Waals surface area contributed by atoms with Crippen LogP contribution in [-0.2, 0) is 16.1 Å². The number of rotatable bonds is 6. The summed E-state index contributed by atoms with van der Waals surface area (Å²) in [5.41, 5.74) is 12.1. The van der Waals surface area contributed by atoms with Crippen LogP contribution in [-0.4, -0.2) is 81.7 Å². The van der Waals surface area contributed by atoms with Gasteiger partial charge in [0.05, 0.1) is 22.8 Å². The number of hydrogen-bond acceptors (Lipinski definition) is 9. The molecule has 12 heteroatoms. The van der Waals surface area contributed by atoms with E-state index in [4.69, 9.17) is 27.3 Å². The van der Waals surface area contributed by atoms with E-state index in [0.717, 1.165) is 86.9 Å². The molecule has 7 rings (SSSR count). The fourth-order valence-electron chi connectivity index (χ4n) is 6.72. The van der Waals surface area contributed by atoms with Crippen molar-refractivity contribution in [2.24, 2.45) is 5.73 Å². The van der Waals surface area contributed by atoms with Crippen LogP contribution in [0, 0.1) is 0 Å². The van der Waals surface area contributed by atoms with E-state index in [0.29, 0.717) is 34.7 Å². The number of aromatic nitrogens is 4. The van der Waals surface area contributed by atoms with Crippen LogP contribution in [0.5, 0.6) is 0 Å². The molecule has 4 aromatic rings. The number of hydrogen-bond donors (Lipinski definition) is 3. The lowest BCUT2D eigenvalue weighted by Gasteiger charge is -2.37. The lowest BCUT2D eigenvalue weighted by Crippen LogP contribution is -2.48. The van der Waals surface area contributed by atoms with Crippen molar-refractivity contribution in [3.05, 3.63) is 64.8 Å². The van der Waals surface area contributed by atoms with Crippen molar-refractivity contribution in [3.63, 3.8) is 0 Å². The molecule has 2 amide bonds. The maximum absolute atomic E-state index is 12.6. The standard InChI is InChI=1S/C33H38ClN9O2/c1-33(35)11-13-43(14-12-33)26-19-36-30-29(39-40-31(30)37-26)24-7-4-8-25(28(24)34)42-17-15-41(16-18-42)20-21-5-2-3-6-22(21)23-9-10-27(44)38-32(23)45/h2-8,19,23H,9-18,20,35H2,1H3,(H,37,39,40)(H,38,44,45). The molecule has 3 fully saturated rings. The fourth-order valence-corrected chi connectivity index (χ4v) is 7.06. The minimum absolute atomic E-state index is 0.132. The van der Waals surface area contributed by atoms with Gasteiger partial charge in [0.1, 0.15) is 17.0 Å². The monoisotopic (exact) mass is 627 g/mol. The quantitative estimate of drug-likeness (QED) is 0.272. The zero-order valence-corrected chi connectivity index (χ0v) is 26.2. The van der Waals surface area contributed by atoms with Crippen molar-refractivity contribution >= 4 is 46.1 Å². The Hall–Kier alpha value is -4.06. The molecule has 0 saturated carbocycles. The third kappa shape index (κ3) is 5.99. The Morgan fingerprint density at radius 2 is 1.78 bits per heavy atom. The normalized spacial score (nSPS) is 20.9. The molecule has 2 aromatic carbocycles. The highest BCUT2D eigenvalue weighted by Crippen LogP contribution is 2.38. The van der Waals surface area contributed by atoms with Gasteiger partial charge in [-0.25, -0.2) is 9.97 Å². The molecule has 5 heterocycles. The van der Waals surface area contributed by atoms with E-state index in [1.165, 1.54) is 0 Å². The molecule has 0 aliphatic carbocycles. The number of imide groups is 1. The van der Waals surface area contributed by atoms with Gasteiger partial charge in [0.2, 0.25) is 11.8 Å². The van der Waals surface area contributed by atoms with Crippen LogP contribution >= 0.6 is 11.6 Å². The lowest BCUT2D eigenvalue weighted by atomic mass is 9.87. The molecule has 3 aliphatic rings. The molecule has 45 heavy (non-hydrogen) atoms. The molecule has 0 radical (unpaired) electrons. The number of carbonyl (C=O) groups is 2. The number of piperidine rings is 2. The van der Waals surface area contributed by atoms with Gasteiger partial charge < -0.3 is 15.5 Å². The van der Waals surface area contributed by atoms with Gasteiger partial charge in [0, 0.05) is 63.3 Å². The van der Waals surface area contributed by atoms with E-state index in [9.17, 15) is 9.59 Å². The van der Waals surface area contributed by atoms with Crippen molar-refractivity contribution in [2.45, 2.75) is 50.6 Å². The molecule has 4 N–H and O–H groups in total. The van der Waals surface area contributed by atoms with Crippen molar-refractivity contribution in [1.29, 1.82) is 0 Å². The topological polar surface area (TPSA) is 136 Å². The van der Waals surface area contributed by atoms with Gasteiger partial charge in [-0.05, 0) is 43.4 Å². The number of amides is 2. The number of nitrogens with one attached hydrogen (secondary N) is 2. The molecule has 0 bridgehead atoms. The predicted molar refractivity (Wildman–Crippen MR) is 175 cm³/mol. The number of nitrogens with zero attached hydrogens (tertiary/aromatic N) is 6. The van der Waals surface area contributed by atoms with Crippen molar-refractivity contribution < 1.29 is 9.59 Å². The third-order valence-corrected chi connectivity index (χ3v) is 9.89. The Kier molecular flexibility index (Phi) is 7.93. The molecule has 0 spiro atoms. The summed E-state index contributed by atoms with van der Waals surface area (Å²) >= 11 is 7.07. The van der Waals surface area contributed by atoms with E-state index >= 15 is 0 Å². The predicted octanol–water partition coefficient (Wildman–Crippen LogP) is 3.83. The Labute approximate surface area is 267 Å². The zero-order valence-electron chi connectivity index (χ0n) is 25.4. The summed E-state index contributed by atoms with van der Waals surface area (Å²) < 4.78 is 0. The van der Waals surface area contributed by atoms with Crippen LogP contribution in [0.1, 0.15) is 49.7 Å². The first kappa shape index (κ1) is 29.6. The number of fused-ring (bicyclic) bond motifs is 1. The third-order valence-electron chi connectivity index (χ3n) is 9.50. The second kappa shape index (κ2) is 12.0. The van der Waals surface area contributed by atoms with Crippen LogP contribution in [0.3, 0.4) is 0 Å². The highest BCUT2D eigenvalue weighted by atomic mass is 35.5. The smallest absolute Gasteiger partial charge is 0.234 e.